The van der Waals surface area contributed by atoms with Crippen LogP contribution in [-0.4, -0.2) is 29.0 Å². The zero-order valence-electron chi connectivity index (χ0n) is 9.66. The Morgan fingerprint density at radius 1 is 1.47 bits per heavy atom. The molecule has 3 nitrogen and oxygen atoms in total. The smallest absolute Gasteiger partial charge is 0.107 e. The second-order valence-corrected chi connectivity index (χ2v) is 5.87. The van der Waals surface area contributed by atoms with E-state index in [1.807, 2.05) is 11.3 Å². The van der Waals surface area contributed by atoms with Crippen LogP contribution < -0.4 is 5.73 Å². The summed E-state index contributed by atoms with van der Waals surface area (Å²) in [4.78, 5) is 8.30. The van der Waals surface area contributed by atoms with Crippen molar-refractivity contribution in [1.82, 2.24) is 9.88 Å². The van der Waals surface area contributed by atoms with E-state index < -0.39 is 0 Å². The summed E-state index contributed by atoms with van der Waals surface area (Å²) >= 11 is 1.81. The van der Waals surface area contributed by atoms with Gasteiger partial charge in [-0.3, -0.25) is 4.90 Å². The Morgan fingerprint density at radius 3 is 2.67 bits per heavy atom. The van der Waals surface area contributed by atoms with Crippen LogP contribution in [-0.2, 0) is 6.54 Å². The number of aromatic nitrogens is 1. The minimum atomic E-state index is 0.340. The topological polar surface area (TPSA) is 42.2 Å². The summed E-state index contributed by atoms with van der Waals surface area (Å²) in [7, 11) is 0. The molecule has 0 aromatic carbocycles. The molecule has 1 aliphatic rings. The van der Waals surface area contributed by atoms with E-state index in [1.54, 1.807) is 0 Å². The standard InChI is InChI=1S/C11H19N3S/c1-7-4-14(5-10(7)12)6-11-13-8(2)9(3)15-11/h7,10H,4-6,12H2,1-3H3. The first-order chi connectivity index (χ1) is 7.06. The number of nitrogens with two attached hydrogens (primary N) is 1. The van der Waals surface area contributed by atoms with Crippen LogP contribution in [0.5, 0.6) is 0 Å². The molecule has 4 heteroatoms. The molecule has 0 amide bonds. The largest absolute Gasteiger partial charge is 0.326 e. The lowest BCUT2D eigenvalue weighted by Gasteiger charge is -2.12. The van der Waals surface area contributed by atoms with Gasteiger partial charge in [-0.25, -0.2) is 4.98 Å². The van der Waals surface area contributed by atoms with Gasteiger partial charge in [0.2, 0.25) is 0 Å². The van der Waals surface area contributed by atoms with Crippen molar-refractivity contribution in [3.63, 3.8) is 0 Å². The molecule has 15 heavy (non-hydrogen) atoms. The van der Waals surface area contributed by atoms with Gasteiger partial charge in [0.05, 0.1) is 12.2 Å². The van der Waals surface area contributed by atoms with Crippen molar-refractivity contribution in [3.05, 3.63) is 15.6 Å². The SMILES string of the molecule is Cc1nc(CN2CC(C)C(N)C2)sc1C. The third kappa shape index (κ3) is 2.38. The van der Waals surface area contributed by atoms with Gasteiger partial charge in [0, 0.05) is 24.0 Å². The summed E-state index contributed by atoms with van der Waals surface area (Å²) < 4.78 is 0. The molecule has 1 aromatic heterocycles. The van der Waals surface area contributed by atoms with Gasteiger partial charge in [-0.1, -0.05) is 6.92 Å². The Kier molecular flexibility index (Phi) is 3.09. The minimum absolute atomic E-state index is 0.340. The number of rotatable bonds is 2. The van der Waals surface area contributed by atoms with E-state index in [4.69, 9.17) is 5.73 Å². The Labute approximate surface area is 95.3 Å². The quantitative estimate of drug-likeness (QED) is 0.830. The van der Waals surface area contributed by atoms with E-state index >= 15 is 0 Å². The highest BCUT2D eigenvalue weighted by Crippen LogP contribution is 2.21. The summed E-state index contributed by atoms with van der Waals surface area (Å²) in [5.41, 5.74) is 7.17. The first kappa shape index (κ1) is 11.0. The van der Waals surface area contributed by atoms with E-state index in [0.717, 1.165) is 19.6 Å². The lowest BCUT2D eigenvalue weighted by molar-refractivity contribution is 0.318. The fourth-order valence-electron chi connectivity index (χ4n) is 2.02. The van der Waals surface area contributed by atoms with E-state index in [1.165, 1.54) is 15.6 Å². The highest BCUT2D eigenvalue weighted by atomic mass is 32.1. The predicted molar refractivity (Wildman–Crippen MR) is 64.0 cm³/mol. The fourth-order valence-corrected chi connectivity index (χ4v) is 3.00. The highest BCUT2D eigenvalue weighted by Gasteiger charge is 2.26. The van der Waals surface area contributed by atoms with Gasteiger partial charge in [0.25, 0.3) is 0 Å². The first-order valence-electron chi connectivity index (χ1n) is 5.47. The minimum Gasteiger partial charge on any atom is -0.326 e. The van der Waals surface area contributed by atoms with Crippen molar-refractivity contribution >= 4 is 11.3 Å². The second kappa shape index (κ2) is 4.20. The van der Waals surface area contributed by atoms with Gasteiger partial charge < -0.3 is 5.73 Å². The van der Waals surface area contributed by atoms with Crippen LogP contribution in [0.15, 0.2) is 0 Å². The maximum atomic E-state index is 6.00. The Bertz CT molecular complexity index is 318. The fraction of sp³-hybridized carbons (Fsp3) is 0.727. The van der Waals surface area contributed by atoms with Crippen molar-refractivity contribution in [2.75, 3.05) is 13.1 Å². The van der Waals surface area contributed by atoms with Gasteiger partial charge in [-0.2, -0.15) is 0 Å². The normalized spacial score (nSPS) is 27.5. The highest BCUT2D eigenvalue weighted by molar-refractivity contribution is 7.11. The number of nitrogens with zero attached hydrogens (tertiary/aromatic N) is 2. The molecule has 2 heterocycles. The molecule has 0 radical (unpaired) electrons. The number of aryl methyl sites for hydroxylation is 2. The molecule has 2 unspecified atom stereocenters. The van der Waals surface area contributed by atoms with E-state index in [2.05, 4.69) is 30.7 Å². The van der Waals surface area contributed by atoms with Crippen molar-refractivity contribution in [1.29, 1.82) is 0 Å². The van der Waals surface area contributed by atoms with Crippen molar-refractivity contribution < 1.29 is 0 Å². The molecular weight excluding hydrogens is 206 g/mol. The van der Waals surface area contributed by atoms with E-state index in [-0.39, 0.29) is 0 Å². The van der Waals surface area contributed by atoms with Crippen molar-refractivity contribution in [2.24, 2.45) is 11.7 Å². The molecule has 2 N–H and O–H groups in total. The number of thiazole rings is 1. The molecule has 0 saturated carbocycles. The van der Waals surface area contributed by atoms with E-state index in [9.17, 15) is 0 Å². The van der Waals surface area contributed by atoms with Crippen LogP contribution in [0, 0.1) is 19.8 Å². The van der Waals surface area contributed by atoms with Gasteiger partial charge in [0.1, 0.15) is 5.01 Å². The van der Waals surface area contributed by atoms with Crippen molar-refractivity contribution in [3.8, 4) is 0 Å². The maximum absolute atomic E-state index is 6.00. The van der Waals surface area contributed by atoms with Gasteiger partial charge in [0.15, 0.2) is 0 Å². The molecule has 1 aromatic rings. The van der Waals surface area contributed by atoms with E-state index in [0.29, 0.717) is 12.0 Å². The van der Waals surface area contributed by atoms with Crippen LogP contribution in [0.3, 0.4) is 0 Å². The van der Waals surface area contributed by atoms with Crippen LogP contribution >= 0.6 is 11.3 Å². The molecule has 1 fully saturated rings. The molecule has 2 atom stereocenters. The van der Waals surface area contributed by atoms with Crippen LogP contribution in [0.4, 0.5) is 0 Å². The molecule has 2 rings (SSSR count). The van der Waals surface area contributed by atoms with Gasteiger partial charge in [-0.05, 0) is 19.8 Å². The Balaban J connectivity index is 1.98. The molecule has 1 saturated heterocycles. The lowest BCUT2D eigenvalue weighted by Crippen LogP contribution is -2.28. The molecule has 84 valence electrons. The predicted octanol–water partition coefficient (Wildman–Crippen LogP) is 1.54. The third-order valence-electron chi connectivity index (χ3n) is 3.18. The molecule has 0 aliphatic carbocycles. The van der Waals surface area contributed by atoms with Crippen molar-refractivity contribution in [2.45, 2.75) is 33.4 Å². The lowest BCUT2D eigenvalue weighted by atomic mass is 10.1. The number of likely N-dealkylation sites (tertiary alicyclic amines) is 1. The second-order valence-electron chi connectivity index (χ2n) is 4.58. The zero-order valence-corrected chi connectivity index (χ0v) is 10.5. The Hall–Kier alpha value is -0.450. The van der Waals surface area contributed by atoms with Crippen LogP contribution in [0.1, 0.15) is 22.5 Å². The number of hydrogen-bond donors (Lipinski definition) is 1. The summed E-state index contributed by atoms with van der Waals surface area (Å²) in [5, 5.41) is 1.23. The summed E-state index contributed by atoms with van der Waals surface area (Å²) in [5.74, 6) is 0.618. The summed E-state index contributed by atoms with van der Waals surface area (Å²) in [6.45, 7) is 9.53. The molecule has 1 aliphatic heterocycles. The van der Waals surface area contributed by atoms with Crippen LogP contribution in [0.2, 0.25) is 0 Å². The van der Waals surface area contributed by atoms with Gasteiger partial charge in [-0.15, -0.1) is 11.3 Å². The van der Waals surface area contributed by atoms with Crippen LogP contribution in [0.25, 0.3) is 0 Å². The molecule has 0 bridgehead atoms. The average Bonchev–Trinajstić information content (AvgIpc) is 2.59. The Morgan fingerprint density at radius 2 is 2.20 bits per heavy atom. The zero-order chi connectivity index (χ0) is 11.0. The average molecular weight is 225 g/mol. The summed E-state index contributed by atoms with van der Waals surface area (Å²) in [6.07, 6.45) is 0. The third-order valence-corrected chi connectivity index (χ3v) is 4.24. The summed E-state index contributed by atoms with van der Waals surface area (Å²) in [6, 6.07) is 0.340. The number of hydrogen-bond acceptors (Lipinski definition) is 4. The molecular formula is C11H19N3S. The molecule has 0 spiro atoms. The van der Waals surface area contributed by atoms with Gasteiger partial charge >= 0.3 is 0 Å². The monoisotopic (exact) mass is 225 g/mol. The maximum Gasteiger partial charge on any atom is 0.107 e. The first-order valence-corrected chi connectivity index (χ1v) is 6.28.